The molecule has 5 heterocycles. The Kier molecular flexibility index (Phi) is 7.11. The molecule has 0 saturated carbocycles. The predicted molar refractivity (Wildman–Crippen MR) is 143 cm³/mol. The number of pyridine rings is 1. The van der Waals surface area contributed by atoms with Crippen LogP contribution in [0.15, 0.2) is 49.7 Å². The molecule has 15 heteroatoms. The molecule has 2 unspecified atom stereocenters. The van der Waals surface area contributed by atoms with Gasteiger partial charge >= 0.3 is 5.97 Å². The van der Waals surface area contributed by atoms with Crippen molar-refractivity contribution in [3.8, 4) is 0 Å². The van der Waals surface area contributed by atoms with Crippen LogP contribution in [-0.2, 0) is 26.3 Å². The number of hydrogen-bond acceptors (Lipinski definition) is 11. The van der Waals surface area contributed by atoms with Crippen molar-refractivity contribution in [1.29, 1.82) is 0 Å². The normalized spacial score (nSPS) is 19.6. The van der Waals surface area contributed by atoms with Crippen LogP contribution >= 0.6 is 46.2 Å². The highest BCUT2D eigenvalue weighted by Gasteiger charge is 2.54. The smallest absolute Gasteiger partial charge is 0.353 e. The number of nitrogens with zero attached hydrogens (tertiary/aromatic N) is 4. The van der Waals surface area contributed by atoms with Gasteiger partial charge in [0.2, 0.25) is 0 Å². The first-order valence-corrected chi connectivity index (χ1v) is 14.6. The van der Waals surface area contributed by atoms with Crippen LogP contribution in [0.4, 0.5) is 5.13 Å². The van der Waals surface area contributed by atoms with E-state index in [0.29, 0.717) is 16.4 Å². The molecule has 0 bridgehead atoms. The number of carboxylic acids is 1. The lowest BCUT2D eigenvalue weighted by Crippen LogP contribution is -2.73. The van der Waals surface area contributed by atoms with Gasteiger partial charge in [0.25, 0.3) is 16.6 Å². The monoisotopic (exact) mass is 577 g/mol. The van der Waals surface area contributed by atoms with Crippen molar-refractivity contribution in [2.75, 3.05) is 24.3 Å². The van der Waals surface area contributed by atoms with E-state index in [1.807, 2.05) is 35.3 Å². The van der Waals surface area contributed by atoms with Gasteiger partial charge in [-0.15, -0.1) is 34.9 Å². The number of aryl methyl sites for hydroxylation is 1. The van der Waals surface area contributed by atoms with Gasteiger partial charge in [-0.2, -0.15) is 4.57 Å². The zero-order valence-electron chi connectivity index (χ0n) is 19.5. The molecule has 192 valence electrons. The van der Waals surface area contributed by atoms with E-state index in [0.717, 1.165) is 26.4 Å². The van der Waals surface area contributed by atoms with E-state index in [-0.39, 0.29) is 22.2 Å². The van der Waals surface area contributed by atoms with Crippen LogP contribution in [0.2, 0.25) is 0 Å². The topological polar surface area (TPSA) is 151 Å². The summed E-state index contributed by atoms with van der Waals surface area (Å²) < 4.78 is 2.05. The zero-order valence-corrected chi connectivity index (χ0v) is 22.8. The number of thioether (sulfide) groups is 2. The largest absolute Gasteiger partial charge is 0.477 e. The molecule has 0 aromatic carbocycles. The first-order chi connectivity index (χ1) is 17.8. The van der Waals surface area contributed by atoms with Crippen molar-refractivity contribution in [3.63, 3.8) is 0 Å². The number of carboxylic acid groups (broad SMARTS) is 1. The fourth-order valence-corrected chi connectivity index (χ4v) is 8.06. The summed E-state index contributed by atoms with van der Waals surface area (Å²) in [5.41, 5.74) is 5.73. The molecule has 3 aromatic rings. The number of fused-ring (bicyclic) bond motifs is 2. The number of β-lactam (4-membered cyclic amide) rings is 1. The van der Waals surface area contributed by atoms with Gasteiger partial charge in [0.05, 0.1) is 11.4 Å². The van der Waals surface area contributed by atoms with Gasteiger partial charge in [0.15, 0.2) is 17.0 Å². The van der Waals surface area contributed by atoms with Gasteiger partial charge in [-0.05, 0) is 11.4 Å². The Balaban J connectivity index is 1.33. The number of nitrogens with one attached hydrogen (secondary N) is 1. The van der Waals surface area contributed by atoms with E-state index in [1.54, 1.807) is 16.7 Å². The number of carbonyl (C=O) groups is 3. The van der Waals surface area contributed by atoms with Crippen LogP contribution in [0, 0.1) is 0 Å². The molecule has 4 N–H and O–H groups in total. The van der Waals surface area contributed by atoms with Crippen LogP contribution in [0.1, 0.15) is 5.69 Å². The van der Waals surface area contributed by atoms with Crippen LogP contribution in [-0.4, -0.2) is 69.2 Å². The number of carbonyl (C=O) groups excluding carboxylic acids is 2. The Morgan fingerprint density at radius 1 is 1.41 bits per heavy atom. The highest BCUT2D eigenvalue weighted by Crippen LogP contribution is 2.42. The van der Waals surface area contributed by atoms with Gasteiger partial charge in [0, 0.05) is 32.8 Å². The lowest BCUT2D eigenvalue weighted by atomic mass is 9.94. The quantitative estimate of drug-likeness (QED) is 0.119. The molecule has 3 aromatic heterocycles. The Hall–Kier alpha value is -3.14. The molecule has 2 aliphatic rings. The van der Waals surface area contributed by atoms with E-state index in [2.05, 4.69) is 15.5 Å². The lowest BCUT2D eigenvalue weighted by Gasteiger charge is -2.49. The number of oxime groups is 1. The Morgan fingerprint density at radius 3 is 2.92 bits per heavy atom. The summed E-state index contributed by atoms with van der Waals surface area (Å²) in [6.45, 7) is 0. The van der Waals surface area contributed by atoms with Crippen molar-refractivity contribution in [2.24, 2.45) is 12.2 Å². The summed E-state index contributed by atoms with van der Waals surface area (Å²) >= 11 is 5.71. The first-order valence-electron chi connectivity index (χ1n) is 10.8. The molecule has 0 aliphatic carbocycles. The summed E-state index contributed by atoms with van der Waals surface area (Å²) in [6.07, 6.45) is 1.98. The van der Waals surface area contributed by atoms with E-state index >= 15 is 0 Å². The maximum Gasteiger partial charge on any atom is 0.353 e. The summed E-state index contributed by atoms with van der Waals surface area (Å²) in [7, 11) is 3.27. The minimum Gasteiger partial charge on any atom is -0.477 e. The van der Waals surface area contributed by atoms with Crippen molar-refractivity contribution < 1.29 is 28.9 Å². The summed E-state index contributed by atoms with van der Waals surface area (Å²) in [5.74, 6) is -1.46. The molecule has 0 radical (unpaired) electrons. The number of hydrogen-bond donors (Lipinski definition) is 3. The average Bonchev–Trinajstić information content (AvgIpc) is 3.54. The molecule has 2 amide bonds. The van der Waals surface area contributed by atoms with Gasteiger partial charge < -0.3 is 21.0 Å². The summed E-state index contributed by atoms with van der Waals surface area (Å²) in [6, 6.07) is 2.67. The lowest BCUT2D eigenvalue weighted by molar-refractivity contribution is -0.643. The van der Waals surface area contributed by atoms with Gasteiger partial charge in [-0.3, -0.25) is 14.5 Å². The minimum absolute atomic E-state index is 0.0367. The van der Waals surface area contributed by atoms with E-state index in [1.165, 1.54) is 35.5 Å². The number of thiazole rings is 1. The van der Waals surface area contributed by atoms with Gasteiger partial charge in [-0.25, -0.2) is 9.78 Å². The minimum atomic E-state index is -1.18. The van der Waals surface area contributed by atoms with Gasteiger partial charge in [0.1, 0.15) is 31.6 Å². The third-order valence-corrected chi connectivity index (χ3v) is 10.00. The van der Waals surface area contributed by atoms with Crippen molar-refractivity contribution in [3.05, 3.63) is 45.4 Å². The predicted octanol–water partition coefficient (Wildman–Crippen LogP) is 1.65. The molecular weight excluding hydrogens is 557 g/mol. The first kappa shape index (κ1) is 25.5. The van der Waals surface area contributed by atoms with Crippen molar-refractivity contribution in [2.45, 2.75) is 17.0 Å². The van der Waals surface area contributed by atoms with Crippen LogP contribution in [0.5, 0.6) is 0 Å². The molecule has 1 fully saturated rings. The number of thiophene rings is 1. The van der Waals surface area contributed by atoms with Crippen molar-refractivity contribution in [1.82, 2.24) is 15.2 Å². The molecule has 5 rings (SSSR count). The number of aromatic nitrogens is 2. The fraction of sp³-hybridized carbons (Fsp3) is 0.273. The maximum absolute atomic E-state index is 13.1. The Bertz CT molecular complexity index is 1480. The SMILES string of the molecule is CON=C(C(=O)NC1C(=O)N2C(C(=O)O)=C(CSc3cc[n+](C)c4sccc34)SCC12)c1csc(N)n1. The summed E-state index contributed by atoms with van der Waals surface area (Å²) in [5, 5.41) is 21.3. The number of anilines is 1. The molecule has 0 spiro atoms. The van der Waals surface area contributed by atoms with E-state index in [4.69, 9.17) is 10.6 Å². The third-order valence-electron chi connectivity index (χ3n) is 5.84. The van der Waals surface area contributed by atoms with Crippen LogP contribution in [0.25, 0.3) is 10.2 Å². The second-order valence-electron chi connectivity index (χ2n) is 8.03. The molecule has 11 nitrogen and oxygen atoms in total. The zero-order chi connectivity index (χ0) is 26.3. The van der Waals surface area contributed by atoms with E-state index < -0.39 is 29.9 Å². The molecular formula is C22H21N6O5S4+. The molecule has 2 aliphatic heterocycles. The second kappa shape index (κ2) is 10.3. The maximum atomic E-state index is 13.1. The third kappa shape index (κ3) is 4.67. The number of amides is 2. The summed E-state index contributed by atoms with van der Waals surface area (Å²) in [4.78, 5) is 51.1. The van der Waals surface area contributed by atoms with Crippen LogP contribution < -0.4 is 15.6 Å². The molecule has 2 atom stereocenters. The number of aliphatic carboxylic acids is 1. The average molecular weight is 578 g/mol. The number of nitrogen functional groups attached to an aromatic ring is 1. The Morgan fingerprint density at radius 2 is 2.22 bits per heavy atom. The molecule has 1 saturated heterocycles. The fourth-order valence-electron chi connectivity index (χ4n) is 4.14. The molecule has 37 heavy (non-hydrogen) atoms. The standard InChI is InChI=1S/C22H20N6O5S4/c1-27-5-3-13(10-4-6-34-20(10)27)36-9-14-17(21(31)32)28-12(8-35-14)16(19(28)30)25-18(29)15(26-33-2)11-7-37-22(23)24-11/h3-7,12,16H,8-9H2,1-2H3,(H3-,23,24,25,29,31,32)/p+1. The Labute approximate surface area is 227 Å². The van der Waals surface area contributed by atoms with E-state index in [9.17, 15) is 19.5 Å². The second-order valence-corrected chi connectivity index (χ2v) is 11.9. The van der Waals surface area contributed by atoms with Crippen molar-refractivity contribution >= 4 is 85.0 Å². The number of rotatable bonds is 8. The highest BCUT2D eigenvalue weighted by molar-refractivity contribution is 8.06. The highest BCUT2D eigenvalue weighted by atomic mass is 32.2. The van der Waals surface area contributed by atoms with Gasteiger partial charge in [-0.1, -0.05) is 16.5 Å². The number of nitrogens with two attached hydrogens (primary N) is 1. The van der Waals surface area contributed by atoms with Crippen LogP contribution in [0.3, 0.4) is 0 Å².